The van der Waals surface area contributed by atoms with E-state index in [4.69, 9.17) is 5.11 Å². The molecule has 1 heterocycles. The predicted molar refractivity (Wildman–Crippen MR) is 67.6 cm³/mol. The molecule has 3 N–H and O–H groups in total. The third kappa shape index (κ3) is 2.46. The lowest BCUT2D eigenvalue weighted by molar-refractivity contribution is 0.0933. The van der Waals surface area contributed by atoms with Gasteiger partial charge in [0.1, 0.15) is 5.56 Å². The summed E-state index contributed by atoms with van der Waals surface area (Å²) in [6.45, 7) is 4.03. The number of amides is 1. The summed E-state index contributed by atoms with van der Waals surface area (Å²) in [5.74, 6) is -0.367. The van der Waals surface area contributed by atoms with Crippen LogP contribution in [0.1, 0.15) is 34.5 Å². The Hall–Kier alpha value is -1.62. The molecule has 1 saturated carbocycles. The highest BCUT2D eigenvalue weighted by Gasteiger charge is 2.42. The average Bonchev–Trinajstić information content (AvgIpc) is 3.05. The summed E-state index contributed by atoms with van der Waals surface area (Å²) < 4.78 is 0. The van der Waals surface area contributed by atoms with Crippen LogP contribution >= 0.6 is 0 Å². The number of hydrogen-bond donors (Lipinski definition) is 3. The topological polar surface area (TPSA) is 82.2 Å². The van der Waals surface area contributed by atoms with Crippen molar-refractivity contribution in [3.8, 4) is 0 Å². The molecule has 0 aromatic carbocycles. The van der Waals surface area contributed by atoms with Crippen LogP contribution in [0.2, 0.25) is 0 Å². The van der Waals surface area contributed by atoms with Gasteiger partial charge in [0, 0.05) is 17.7 Å². The number of H-pyrrole nitrogens is 1. The van der Waals surface area contributed by atoms with Gasteiger partial charge in [0.2, 0.25) is 0 Å². The van der Waals surface area contributed by atoms with Crippen LogP contribution < -0.4 is 10.9 Å². The molecule has 0 unspecified atom stereocenters. The van der Waals surface area contributed by atoms with Gasteiger partial charge >= 0.3 is 0 Å². The first-order valence-corrected chi connectivity index (χ1v) is 6.07. The second-order valence-electron chi connectivity index (χ2n) is 5.18. The highest BCUT2D eigenvalue weighted by molar-refractivity contribution is 5.95. The van der Waals surface area contributed by atoms with Crippen LogP contribution in [0.15, 0.2) is 10.9 Å². The second kappa shape index (κ2) is 4.57. The Morgan fingerprint density at radius 3 is 2.67 bits per heavy atom. The molecule has 0 saturated heterocycles. The minimum atomic E-state index is -0.367. The Morgan fingerprint density at radius 1 is 1.50 bits per heavy atom. The molecule has 98 valence electrons. The van der Waals surface area contributed by atoms with Gasteiger partial charge in [-0.05, 0) is 38.3 Å². The number of aromatic amines is 1. The zero-order valence-corrected chi connectivity index (χ0v) is 10.7. The largest absolute Gasteiger partial charge is 0.396 e. The minimum Gasteiger partial charge on any atom is -0.396 e. The fraction of sp³-hybridized carbons (Fsp3) is 0.538. The fourth-order valence-corrected chi connectivity index (χ4v) is 2.06. The molecule has 0 aliphatic heterocycles. The number of pyridine rings is 1. The molecular weight excluding hydrogens is 232 g/mol. The monoisotopic (exact) mass is 250 g/mol. The number of nitrogens with one attached hydrogen (secondary N) is 2. The van der Waals surface area contributed by atoms with Crippen molar-refractivity contribution in [1.82, 2.24) is 10.3 Å². The minimum absolute atomic E-state index is 0.0799. The maximum absolute atomic E-state index is 12.0. The molecule has 0 atom stereocenters. The summed E-state index contributed by atoms with van der Waals surface area (Å²) >= 11 is 0. The first-order valence-electron chi connectivity index (χ1n) is 6.07. The Labute approximate surface area is 105 Å². The molecule has 1 aromatic heterocycles. The molecule has 2 rings (SSSR count). The highest BCUT2D eigenvalue weighted by Crippen LogP contribution is 2.44. The molecule has 5 heteroatoms. The molecule has 1 aromatic rings. The molecule has 18 heavy (non-hydrogen) atoms. The number of hydrogen-bond acceptors (Lipinski definition) is 3. The summed E-state index contributed by atoms with van der Waals surface area (Å²) in [6.07, 6.45) is 1.85. The van der Waals surface area contributed by atoms with E-state index in [1.165, 1.54) is 0 Å². The van der Waals surface area contributed by atoms with Crippen molar-refractivity contribution in [2.75, 3.05) is 13.2 Å². The number of aryl methyl sites for hydroxylation is 2. The first kappa shape index (κ1) is 12.8. The van der Waals surface area contributed by atoms with E-state index in [0.29, 0.717) is 12.1 Å². The molecule has 5 nitrogen and oxygen atoms in total. The molecule has 0 radical (unpaired) electrons. The van der Waals surface area contributed by atoms with Gasteiger partial charge in [-0.2, -0.15) is 0 Å². The summed E-state index contributed by atoms with van der Waals surface area (Å²) in [4.78, 5) is 26.3. The molecule has 1 fully saturated rings. The Balaban J connectivity index is 2.12. The first-order chi connectivity index (χ1) is 8.47. The number of aliphatic hydroxyl groups is 1. The van der Waals surface area contributed by atoms with Gasteiger partial charge in [0.05, 0.1) is 6.61 Å². The Kier molecular flexibility index (Phi) is 3.26. The van der Waals surface area contributed by atoms with Crippen LogP contribution in [-0.2, 0) is 0 Å². The SMILES string of the molecule is Cc1cc(C)c(C(=O)NCC2(CO)CC2)c(=O)[nH]1. The standard InChI is InChI=1S/C13H18N2O3/c1-8-5-9(2)15-12(18)10(8)11(17)14-6-13(7-16)3-4-13/h5,16H,3-4,6-7H2,1-2H3,(H,14,17)(H,15,18). The smallest absolute Gasteiger partial charge is 0.261 e. The lowest BCUT2D eigenvalue weighted by Crippen LogP contribution is -2.35. The number of carbonyl (C=O) groups excluding carboxylic acids is 1. The lowest BCUT2D eigenvalue weighted by atomic mass is 10.1. The van der Waals surface area contributed by atoms with Gasteiger partial charge in [-0.25, -0.2) is 0 Å². The van der Waals surface area contributed by atoms with Crippen LogP contribution in [0.5, 0.6) is 0 Å². The summed E-state index contributed by atoms with van der Waals surface area (Å²) in [7, 11) is 0. The Bertz CT molecular complexity index is 530. The number of carbonyl (C=O) groups is 1. The molecule has 1 amide bonds. The van der Waals surface area contributed by atoms with E-state index >= 15 is 0 Å². The van der Waals surface area contributed by atoms with Crippen molar-refractivity contribution in [1.29, 1.82) is 0 Å². The zero-order valence-electron chi connectivity index (χ0n) is 10.7. The van der Waals surface area contributed by atoms with Crippen molar-refractivity contribution < 1.29 is 9.90 Å². The molecular formula is C13H18N2O3. The predicted octanol–water partition coefficient (Wildman–Crippen LogP) is 0.494. The van der Waals surface area contributed by atoms with E-state index in [2.05, 4.69) is 10.3 Å². The van der Waals surface area contributed by atoms with Crippen molar-refractivity contribution in [2.45, 2.75) is 26.7 Å². The van der Waals surface area contributed by atoms with Crippen LogP contribution in [-0.4, -0.2) is 29.1 Å². The second-order valence-corrected chi connectivity index (χ2v) is 5.18. The summed E-state index contributed by atoms with van der Waals surface area (Å²) in [5.41, 5.74) is 1.06. The van der Waals surface area contributed by atoms with Gasteiger partial charge in [0.15, 0.2) is 0 Å². The van der Waals surface area contributed by atoms with E-state index in [0.717, 1.165) is 18.5 Å². The van der Waals surface area contributed by atoms with Crippen molar-refractivity contribution in [2.24, 2.45) is 5.41 Å². The number of aromatic nitrogens is 1. The van der Waals surface area contributed by atoms with Crippen LogP contribution in [0, 0.1) is 19.3 Å². The lowest BCUT2D eigenvalue weighted by Gasteiger charge is -2.13. The van der Waals surface area contributed by atoms with Crippen LogP contribution in [0.4, 0.5) is 0 Å². The highest BCUT2D eigenvalue weighted by atomic mass is 16.3. The fourth-order valence-electron chi connectivity index (χ4n) is 2.06. The normalized spacial score (nSPS) is 16.4. The van der Waals surface area contributed by atoms with Gasteiger partial charge in [-0.15, -0.1) is 0 Å². The van der Waals surface area contributed by atoms with E-state index in [9.17, 15) is 9.59 Å². The summed E-state index contributed by atoms with van der Waals surface area (Å²) in [5, 5.41) is 11.9. The van der Waals surface area contributed by atoms with E-state index in [1.54, 1.807) is 19.9 Å². The maximum atomic E-state index is 12.0. The Morgan fingerprint density at radius 2 is 2.17 bits per heavy atom. The van der Waals surface area contributed by atoms with E-state index in [1.807, 2.05) is 0 Å². The van der Waals surface area contributed by atoms with Gasteiger partial charge in [0.25, 0.3) is 11.5 Å². The number of rotatable bonds is 4. The van der Waals surface area contributed by atoms with Gasteiger partial charge in [-0.1, -0.05) is 0 Å². The molecule has 0 spiro atoms. The van der Waals surface area contributed by atoms with Crippen LogP contribution in [0.25, 0.3) is 0 Å². The molecule has 1 aliphatic rings. The van der Waals surface area contributed by atoms with Crippen molar-refractivity contribution in [3.05, 3.63) is 33.2 Å². The zero-order chi connectivity index (χ0) is 13.3. The van der Waals surface area contributed by atoms with Gasteiger partial charge < -0.3 is 15.4 Å². The van der Waals surface area contributed by atoms with Crippen LogP contribution in [0.3, 0.4) is 0 Å². The third-order valence-corrected chi connectivity index (χ3v) is 3.51. The van der Waals surface area contributed by atoms with Crippen molar-refractivity contribution >= 4 is 5.91 Å². The van der Waals surface area contributed by atoms with Crippen molar-refractivity contribution in [3.63, 3.8) is 0 Å². The summed E-state index contributed by atoms with van der Waals surface area (Å²) in [6, 6.07) is 1.77. The van der Waals surface area contributed by atoms with E-state index in [-0.39, 0.29) is 29.1 Å². The van der Waals surface area contributed by atoms with Gasteiger partial charge in [-0.3, -0.25) is 9.59 Å². The molecule has 1 aliphatic carbocycles. The maximum Gasteiger partial charge on any atom is 0.261 e. The molecule has 0 bridgehead atoms. The average molecular weight is 250 g/mol. The number of aliphatic hydroxyl groups excluding tert-OH is 1. The third-order valence-electron chi connectivity index (χ3n) is 3.51. The van der Waals surface area contributed by atoms with E-state index < -0.39 is 0 Å². The quantitative estimate of drug-likeness (QED) is 0.727.